The summed E-state index contributed by atoms with van der Waals surface area (Å²) in [6.07, 6.45) is 0. The number of benzene rings is 1. The molecule has 0 heterocycles. The van der Waals surface area contributed by atoms with Crippen LogP contribution < -0.4 is 11.5 Å². The maximum Gasteiger partial charge on any atom is 0.253 e. The average Bonchev–Trinajstić information content (AvgIpc) is 2.16. The van der Waals surface area contributed by atoms with Crippen LogP contribution in [0.15, 0.2) is 18.2 Å². The SMILES string of the molecule is NC(=O)c1cccc(C(=O)Cl)c1C(N)=O. The number of carbonyl (C=O) groups excluding carboxylic acids is 3. The van der Waals surface area contributed by atoms with E-state index in [4.69, 9.17) is 23.1 Å². The van der Waals surface area contributed by atoms with Crippen molar-refractivity contribution in [3.63, 3.8) is 0 Å². The average molecular weight is 227 g/mol. The smallest absolute Gasteiger partial charge is 0.253 e. The minimum Gasteiger partial charge on any atom is -0.366 e. The lowest BCUT2D eigenvalue weighted by atomic mass is 10.0. The predicted octanol–water partition coefficient (Wildman–Crippen LogP) is 0.263. The van der Waals surface area contributed by atoms with Gasteiger partial charge in [0.15, 0.2) is 0 Å². The summed E-state index contributed by atoms with van der Waals surface area (Å²) < 4.78 is 0. The summed E-state index contributed by atoms with van der Waals surface area (Å²) in [4.78, 5) is 33.0. The topological polar surface area (TPSA) is 103 Å². The van der Waals surface area contributed by atoms with Gasteiger partial charge in [0.2, 0.25) is 11.8 Å². The van der Waals surface area contributed by atoms with Crippen LogP contribution in [0.2, 0.25) is 0 Å². The van der Waals surface area contributed by atoms with Gasteiger partial charge in [0.25, 0.3) is 5.24 Å². The molecule has 0 aliphatic heterocycles. The summed E-state index contributed by atoms with van der Waals surface area (Å²) in [5.74, 6) is -1.77. The molecule has 0 fully saturated rings. The summed E-state index contributed by atoms with van der Waals surface area (Å²) in [5, 5.41) is -0.869. The lowest BCUT2D eigenvalue weighted by Gasteiger charge is -2.06. The second-order valence-corrected chi connectivity index (χ2v) is 3.07. The molecule has 0 radical (unpaired) electrons. The molecule has 0 aliphatic carbocycles. The van der Waals surface area contributed by atoms with Crippen LogP contribution in [0.5, 0.6) is 0 Å². The zero-order valence-electron chi connectivity index (χ0n) is 7.49. The summed E-state index contributed by atoms with van der Waals surface area (Å²) in [7, 11) is 0. The van der Waals surface area contributed by atoms with E-state index in [1.54, 1.807) is 0 Å². The Hall–Kier alpha value is -1.88. The van der Waals surface area contributed by atoms with Gasteiger partial charge in [0, 0.05) is 5.56 Å². The molecule has 78 valence electrons. The number of hydrogen-bond donors (Lipinski definition) is 2. The third-order valence-corrected chi connectivity index (χ3v) is 1.99. The van der Waals surface area contributed by atoms with Crippen LogP contribution in [0.3, 0.4) is 0 Å². The van der Waals surface area contributed by atoms with Crippen molar-refractivity contribution in [3.05, 3.63) is 34.9 Å². The highest BCUT2D eigenvalue weighted by Crippen LogP contribution is 2.16. The lowest BCUT2D eigenvalue weighted by Crippen LogP contribution is -2.23. The van der Waals surface area contributed by atoms with Gasteiger partial charge in [-0.1, -0.05) is 6.07 Å². The van der Waals surface area contributed by atoms with Gasteiger partial charge in [-0.05, 0) is 23.7 Å². The maximum absolute atomic E-state index is 11.1. The van der Waals surface area contributed by atoms with Crippen LogP contribution in [0.25, 0.3) is 0 Å². The van der Waals surface area contributed by atoms with E-state index in [0.717, 1.165) is 0 Å². The Morgan fingerprint density at radius 1 is 1.00 bits per heavy atom. The van der Waals surface area contributed by atoms with Gasteiger partial charge in [-0.25, -0.2) is 0 Å². The summed E-state index contributed by atoms with van der Waals surface area (Å²) in [6, 6.07) is 3.98. The fourth-order valence-corrected chi connectivity index (χ4v) is 1.34. The van der Waals surface area contributed by atoms with Crippen LogP contribution in [-0.4, -0.2) is 17.1 Å². The molecule has 4 N–H and O–H groups in total. The molecule has 0 unspecified atom stereocenters. The molecule has 1 rings (SSSR count). The van der Waals surface area contributed by atoms with Gasteiger partial charge in [-0.2, -0.15) is 0 Å². The number of rotatable bonds is 3. The van der Waals surface area contributed by atoms with E-state index in [1.165, 1.54) is 18.2 Å². The van der Waals surface area contributed by atoms with Gasteiger partial charge in [-0.3, -0.25) is 14.4 Å². The van der Waals surface area contributed by atoms with Gasteiger partial charge in [-0.15, -0.1) is 0 Å². The first-order valence-corrected chi connectivity index (χ1v) is 4.25. The summed E-state index contributed by atoms with van der Waals surface area (Å²) in [6.45, 7) is 0. The fourth-order valence-electron chi connectivity index (χ4n) is 1.19. The monoisotopic (exact) mass is 226 g/mol. The zero-order chi connectivity index (χ0) is 11.6. The highest BCUT2D eigenvalue weighted by Gasteiger charge is 2.19. The molecule has 6 heteroatoms. The van der Waals surface area contributed by atoms with E-state index >= 15 is 0 Å². The fraction of sp³-hybridized carbons (Fsp3) is 0. The molecular formula is C9H7ClN2O3. The molecule has 0 saturated heterocycles. The third kappa shape index (κ3) is 2.13. The Morgan fingerprint density at radius 2 is 1.53 bits per heavy atom. The van der Waals surface area contributed by atoms with Crippen molar-refractivity contribution in [1.82, 2.24) is 0 Å². The standard InChI is InChI=1S/C9H7ClN2O3/c10-7(13)4-2-1-3-5(8(11)14)6(4)9(12)15/h1-3H,(H2,11,14)(H2,12,15). The van der Waals surface area contributed by atoms with E-state index in [9.17, 15) is 14.4 Å². The Morgan fingerprint density at radius 3 is 1.93 bits per heavy atom. The van der Waals surface area contributed by atoms with E-state index in [2.05, 4.69) is 0 Å². The Bertz CT molecular complexity index is 424. The maximum atomic E-state index is 11.1. The minimum absolute atomic E-state index is 0.117. The Kier molecular flexibility index (Phi) is 3.06. The zero-order valence-corrected chi connectivity index (χ0v) is 8.25. The third-order valence-electron chi connectivity index (χ3n) is 1.79. The highest BCUT2D eigenvalue weighted by molar-refractivity contribution is 6.68. The van der Waals surface area contributed by atoms with Crippen LogP contribution in [0, 0.1) is 0 Å². The van der Waals surface area contributed by atoms with Crippen LogP contribution in [0.4, 0.5) is 0 Å². The molecule has 1 aromatic carbocycles. The van der Waals surface area contributed by atoms with E-state index in [1.807, 2.05) is 0 Å². The molecule has 0 saturated carbocycles. The quantitative estimate of drug-likeness (QED) is 0.723. The Labute approximate surface area is 90.0 Å². The molecule has 0 bridgehead atoms. The van der Waals surface area contributed by atoms with Crippen LogP contribution in [0.1, 0.15) is 31.1 Å². The number of carbonyl (C=O) groups is 3. The van der Waals surface area contributed by atoms with E-state index in [0.29, 0.717) is 0 Å². The van der Waals surface area contributed by atoms with Crippen molar-refractivity contribution in [2.24, 2.45) is 11.5 Å². The van der Waals surface area contributed by atoms with Crippen molar-refractivity contribution in [1.29, 1.82) is 0 Å². The van der Waals surface area contributed by atoms with Crippen molar-refractivity contribution in [2.75, 3.05) is 0 Å². The van der Waals surface area contributed by atoms with Crippen LogP contribution in [-0.2, 0) is 0 Å². The largest absolute Gasteiger partial charge is 0.366 e. The number of halogens is 1. The van der Waals surface area contributed by atoms with Gasteiger partial charge >= 0.3 is 0 Å². The molecule has 5 nitrogen and oxygen atoms in total. The van der Waals surface area contributed by atoms with Crippen molar-refractivity contribution >= 4 is 28.7 Å². The number of primary amides is 2. The predicted molar refractivity (Wildman–Crippen MR) is 53.7 cm³/mol. The molecule has 0 aliphatic rings. The van der Waals surface area contributed by atoms with Crippen molar-refractivity contribution < 1.29 is 14.4 Å². The number of nitrogens with two attached hydrogens (primary N) is 2. The van der Waals surface area contributed by atoms with Gasteiger partial charge in [0.05, 0.1) is 11.1 Å². The van der Waals surface area contributed by atoms with Gasteiger partial charge < -0.3 is 11.5 Å². The first-order chi connectivity index (χ1) is 6.95. The first kappa shape index (κ1) is 11.2. The van der Waals surface area contributed by atoms with Crippen molar-refractivity contribution in [3.8, 4) is 0 Å². The normalized spacial score (nSPS) is 9.67. The number of amides is 2. The molecule has 1 aromatic rings. The summed E-state index contributed by atoms with van der Waals surface area (Å²) in [5.41, 5.74) is 9.57. The van der Waals surface area contributed by atoms with E-state index < -0.39 is 17.1 Å². The second kappa shape index (κ2) is 4.10. The molecular weight excluding hydrogens is 220 g/mol. The molecule has 15 heavy (non-hydrogen) atoms. The molecule has 0 spiro atoms. The lowest BCUT2D eigenvalue weighted by molar-refractivity contribution is 0.0963. The molecule has 0 aromatic heterocycles. The van der Waals surface area contributed by atoms with Gasteiger partial charge in [0.1, 0.15) is 0 Å². The first-order valence-electron chi connectivity index (χ1n) is 3.87. The number of hydrogen-bond acceptors (Lipinski definition) is 3. The molecule has 2 amide bonds. The van der Waals surface area contributed by atoms with E-state index in [-0.39, 0.29) is 16.7 Å². The highest BCUT2D eigenvalue weighted by atomic mass is 35.5. The van der Waals surface area contributed by atoms with Crippen LogP contribution >= 0.6 is 11.6 Å². The Balaban J connectivity index is 3.56. The van der Waals surface area contributed by atoms with Crippen molar-refractivity contribution in [2.45, 2.75) is 0 Å². The minimum atomic E-state index is -0.923. The summed E-state index contributed by atoms with van der Waals surface area (Å²) >= 11 is 5.23. The second-order valence-electron chi connectivity index (χ2n) is 2.73. The molecule has 0 atom stereocenters.